The molecule has 0 bridgehead atoms. The van der Waals surface area contributed by atoms with E-state index in [9.17, 15) is 62.6 Å². The third kappa shape index (κ3) is 28.0. The van der Waals surface area contributed by atoms with Gasteiger partial charge in [0.1, 0.15) is 54.4 Å². The number of nitrogens with two attached hydrogens (primary N) is 1. The molecule has 31 nitrogen and oxygen atoms in total. The van der Waals surface area contributed by atoms with E-state index in [2.05, 4.69) is 74.1 Å². The minimum absolute atomic E-state index is 0.000369. The maximum absolute atomic E-state index is 15.3. The number of halogens is 1. The Labute approximate surface area is 654 Å². The zero-order chi connectivity index (χ0) is 81.7. The SMILES string of the molecule is CC(=O)Nc1ccc(C[C@H](NC(=O)[C@H](CO)NC(=O)[C@@H](Cc2cccnc2)NC(=O)[C@H](NC(=O)c2ccc(Cl)cc2)NC(=O)[C@@H](Cc2ccc3ccccc3c2)NC(C)=O)C(=O)N[C@H](Cc2ccc(NC(C)=O)cc2)C(=O)N[C@@H](CC(C)C)C(=O)N[C@@H](CCCCNC(C)C)C(=O)N2CCC[C@@H]2C(=O)N[C@H](C)C(N)=O)cc1. The predicted molar refractivity (Wildman–Crippen MR) is 420 cm³/mol. The fraction of sp³-hybridized carbons (Fsp3) is 0.412. The molecular formula is C80H101ClN16O15. The number of aliphatic hydroxyl groups is 1. The van der Waals surface area contributed by atoms with Gasteiger partial charge in [-0.25, -0.2) is 0 Å². The molecule has 7 rings (SSSR count). The first-order valence-corrected chi connectivity index (χ1v) is 37.5. The van der Waals surface area contributed by atoms with E-state index in [0.717, 1.165) is 10.8 Å². The standard InChI is InChI=1S/C80H101ClN16O15/c1-45(2)37-62(72(104)89-61(18-11-12-35-84-46(3)4)80(112)97-36-14-19-68(97)78(110)85-47(5)69(82)102)90-73(105)64(39-51-21-30-59(31-22-51)86-48(6)99)91-74(106)65(40-52-23-32-60(33-24-52)87-49(7)100)92-77(109)67(44-98)94-75(107)66(42-54-15-13-34-83-43-54)93-79(111)70(95-71(103)56-26-28-58(81)29-27-56)96-76(108)63(88-50(8)101)41-53-20-25-55-16-9-10-17-57(55)38-53/h9-10,13,15-17,20-34,38,43,45-47,61-68,70,84,98H,11-12,14,18-19,35-37,39-42,44H2,1-8H3,(H2,82,102)(H,85,110)(H,86,99)(H,87,100)(H,88,101)(H,89,104)(H,90,105)(H,91,106)(H,92,109)(H,93,111)(H,94,107)(H,95,103)(H,96,108)/t47-,61+,62+,63-,64-,65+,66-,67+,68-,70-/m1/s1. The molecule has 1 aliphatic rings. The number of unbranched alkanes of at least 4 members (excludes halogenated alkanes) is 1. The number of likely N-dealkylation sites (tertiary alicyclic amines) is 1. The van der Waals surface area contributed by atoms with Crippen molar-refractivity contribution < 1.29 is 72.2 Å². The number of carbonyl (C=O) groups is 14. The lowest BCUT2D eigenvalue weighted by atomic mass is 9.99. The van der Waals surface area contributed by atoms with Crippen molar-refractivity contribution in [3.63, 3.8) is 0 Å². The summed E-state index contributed by atoms with van der Waals surface area (Å²) >= 11 is 6.14. The number of carbonyl (C=O) groups excluding carboxylic acids is 14. The number of nitrogens with one attached hydrogen (secondary N) is 13. The molecule has 0 aliphatic carbocycles. The Morgan fingerprint density at radius 1 is 0.509 bits per heavy atom. The second kappa shape index (κ2) is 43.0. The van der Waals surface area contributed by atoms with Crippen molar-refractivity contribution in [1.82, 2.24) is 68.4 Å². The highest BCUT2D eigenvalue weighted by Gasteiger charge is 2.41. The summed E-state index contributed by atoms with van der Waals surface area (Å²) in [5.74, 6) is -11.5. The van der Waals surface area contributed by atoms with Crippen molar-refractivity contribution in [3.8, 4) is 0 Å². The molecule has 0 unspecified atom stereocenters. The van der Waals surface area contributed by atoms with Crippen LogP contribution in [-0.4, -0.2) is 184 Å². The highest BCUT2D eigenvalue weighted by atomic mass is 35.5. The van der Waals surface area contributed by atoms with E-state index in [0.29, 0.717) is 59.4 Å². The number of hydrogen-bond acceptors (Lipinski definition) is 17. The summed E-state index contributed by atoms with van der Waals surface area (Å²) in [4.78, 5) is 201. The van der Waals surface area contributed by atoms with Gasteiger partial charge in [-0.1, -0.05) is 112 Å². The third-order valence-electron chi connectivity index (χ3n) is 18.2. The van der Waals surface area contributed by atoms with Crippen LogP contribution >= 0.6 is 11.6 Å². The Kier molecular flexibility index (Phi) is 33.6. The van der Waals surface area contributed by atoms with Crippen molar-refractivity contribution in [2.45, 2.75) is 186 Å². The summed E-state index contributed by atoms with van der Waals surface area (Å²) in [6.45, 7) is 12.4. The first-order valence-electron chi connectivity index (χ1n) is 37.1. The Balaban J connectivity index is 1.19. The fourth-order valence-corrected chi connectivity index (χ4v) is 12.6. The van der Waals surface area contributed by atoms with Gasteiger partial charge in [-0.2, -0.15) is 0 Å². The molecule has 112 heavy (non-hydrogen) atoms. The summed E-state index contributed by atoms with van der Waals surface area (Å²) in [5, 5.41) is 48.0. The number of fused-ring (bicyclic) bond motifs is 1. The van der Waals surface area contributed by atoms with Crippen LogP contribution in [0.2, 0.25) is 5.02 Å². The lowest BCUT2D eigenvalue weighted by molar-refractivity contribution is -0.142. The van der Waals surface area contributed by atoms with Gasteiger partial charge < -0.3 is 84.9 Å². The second-order valence-corrected chi connectivity index (χ2v) is 28.8. The number of aliphatic hydroxyl groups excluding tert-OH is 1. The lowest BCUT2D eigenvalue weighted by Crippen LogP contribution is -2.63. The molecule has 1 saturated heterocycles. The van der Waals surface area contributed by atoms with Crippen molar-refractivity contribution >= 4 is 116 Å². The molecule has 10 atom stereocenters. The molecule has 1 fully saturated rings. The van der Waals surface area contributed by atoms with Crippen LogP contribution in [0.5, 0.6) is 0 Å². The molecule has 598 valence electrons. The molecule has 32 heteroatoms. The van der Waals surface area contributed by atoms with E-state index >= 15 is 9.59 Å². The van der Waals surface area contributed by atoms with Crippen LogP contribution < -0.4 is 74.9 Å². The number of benzene rings is 5. The minimum atomic E-state index is -1.98. The maximum Gasteiger partial charge on any atom is 0.264 e. The fourth-order valence-electron chi connectivity index (χ4n) is 12.5. The average Bonchev–Trinajstić information content (AvgIpc) is 1.15. The van der Waals surface area contributed by atoms with Crippen LogP contribution in [0.4, 0.5) is 11.4 Å². The van der Waals surface area contributed by atoms with E-state index in [1.807, 2.05) is 50.2 Å². The third-order valence-corrected chi connectivity index (χ3v) is 18.5. The summed E-state index contributed by atoms with van der Waals surface area (Å²) in [7, 11) is 0. The van der Waals surface area contributed by atoms with Gasteiger partial charge in [0.25, 0.3) is 11.8 Å². The first kappa shape index (κ1) is 87.5. The number of rotatable bonds is 40. The maximum atomic E-state index is 15.3. The van der Waals surface area contributed by atoms with Gasteiger partial charge >= 0.3 is 0 Å². The quantitative estimate of drug-likeness (QED) is 0.0194. The molecule has 1 aromatic heterocycles. The zero-order valence-electron chi connectivity index (χ0n) is 63.9. The molecule has 2 heterocycles. The second-order valence-electron chi connectivity index (χ2n) is 28.4. The number of amides is 14. The summed E-state index contributed by atoms with van der Waals surface area (Å²) in [5.41, 5.74) is 8.01. The normalized spacial score (nSPS) is 14.9. The predicted octanol–water partition coefficient (Wildman–Crippen LogP) is 2.55. The van der Waals surface area contributed by atoms with Crippen LogP contribution in [0.15, 0.2) is 140 Å². The minimum Gasteiger partial charge on any atom is -0.394 e. The van der Waals surface area contributed by atoms with Crippen LogP contribution in [0.1, 0.15) is 127 Å². The van der Waals surface area contributed by atoms with Crippen molar-refractivity contribution in [3.05, 3.63) is 173 Å². The molecule has 5 aromatic carbocycles. The van der Waals surface area contributed by atoms with Crippen LogP contribution in [0.3, 0.4) is 0 Å². The number of nitrogens with zero attached hydrogens (tertiary/aromatic N) is 2. The van der Waals surface area contributed by atoms with Gasteiger partial charge in [0, 0.05) is 93.4 Å². The monoisotopic (exact) mass is 1560 g/mol. The van der Waals surface area contributed by atoms with E-state index in [1.54, 1.807) is 68.4 Å². The highest BCUT2D eigenvalue weighted by Crippen LogP contribution is 2.23. The van der Waals surface area contributed by atoms with Gasteiger partial charge in [-0.15, -0.1) is 0 Å². The van der Waals surface area contributed by atoms with Gasteiger partial charge in [0.2, 0.25) is 70.9 Å². The van der Waals surface area contributed by atoms with E-state index in [4.69, 9.17) is 17.3 Å². The Bertz CT molecular complexity index is 4310. The molecule has 0 spiro atoms. The number of pyridine rings is 1. The molecule has 1 aliphatic heterocycles. The smallest absolute Gasteiger partial charge is 0.264 e. The molecule has 6 aromatic rings. The van der Waals surface area contributed by atoms with Crippen molar-refractivity contribution in [2.75, 3.05) is 30.3 Å². The molecule has 16 N–H and O–H groups in total. The van der Waals surface area contributed by atoms with Gasteiger partial charge in [-0.3, -0.25) is 72.1 Å². The van der Waals surface area contributed by atoms with E-state index in [-0.39, 0.29) is 85.9 Å². The lowest BCUT2D eigenvalue weighted by Gasteiger charge is -2.31. The number of aromatic nitrogens is 1. The van der Waals surface area contributed by atoms with Gasteiger partial charge in [0.15, 0.2) is 6.17 Å². The Hall–Kier alpha value is -11.7. The number of primary amides is 1. The largest absolute Gasteiger partial charge is 0.394 e. The van der Waals surface area contributed by atoms with Crippen LogP contribution in [0, 0.1) is 5.92 Å². The number of anilines is 2. The summed E-state index contributed by atoms with van der Waals surface area (Å²) in [6.07, 6.45) is 1.65. The molecule has 0 saturated carbocycles. The molecule has 14 amide bonds. The molecule has 0 radical (unpaired) electrons. The first-order chi connectivity index (χ1) is 53.3. The van der Waals surface area contributed by atoms with Crippen molar-refractivity contribution in [2.24, 2.45) is 11.7 Å². The average molecular weight is 1560 g/mol. The Morgan fingerprint density at radius 3 is 1.54 bits per heavy atom. The topological polar surface area (TPSA) is 458 Å². The van der Waals surface area contributed by atoms with E-state index < -0.39 is 138 Å². The van der Waals surface area contributed by atoms with Gasteiger partial charge in [-0.05, 0) is 146 Å². The van der Waals surface area contributed by atoms with Crippen LogP contribution in [0.25, 0.3) is 10.8 Å². The van der Waals surface area contributed by atoms with E-state index in [1.165, 1.54) is 81.4 Å². The highest BCUT2D eigenvalue weighted by molar-refractivity contribution is 6.30. The van der Waals surface area contributed by atoms with Gasteiger partial charge in [0.05, 0.1) is 6.61 Å². The Morgan fingerprint density at radius 2 is 1.01 bits per heavy atom. The van der Waals surface area contributed by atoms with Crippen LogP contribution in [-0.2, 0) is 88.0 Å². The number of hydrogen-bond donors (Lipinski definition) is 15. The molecular weight excluding hydrogens is 1460 g/mol. The van der Waals surface area contributed by atoms with Crippen molar-refractivity contribution in [1.29, 1.82) is 0 Å². The zero-order valence-corrected chi connectivity index (χ0v) is 64.7. The summed E-state index contributed by atoms with van der Waals surface area (Å²) in [6, 6.07) is 21.4. The summed E-state index contributed by atoms with van der Waals surface area (Å²) < 4.78 is 0.